The van der Waals surface area contributed by atoms with Gasteiger partial charge in [-0.25, -0.2) is 23.0 Å². The minimum Gasteiger partial charge on any atom is -0.494 e. The first kappa shape index (κ1) is 47.0. The van der Waals surface area contributed by atoms with E-state index in [2.05, 4.69) is 29.8 Å². The summed E-state index contributed by atoms with van der Waals surface area (Å²) in [6.07, 6.45) is 2.67. The van der Waals surface area contributed by atoms with Crippen LogP contribution in [0.5, 0.6) is 5.75 Å². The second-order valence-corrected chi connectivity index (χ2v) is 17.1. The summed E-state index contributed by atoms with van der Waals surface area (Å²) in [5.41, 5.74) is 9.15. The number of carbonyl (C=O) groups excluding carboxylic acids is 1. The van der Waals surface area contributed by atoms with Gasteiger partial charge >= 0.3 is 11.9 Å². The van der Waals surface area contributed by atoms with Crippen LogP contribution in [0.15, 0.2) is 107 Å². The molecule has 0 aliphatic carbocycles. The maximum absolute atomic E-state index is 13.1. The van der Waals surface area contributed by atoms with E-state index in [9.17, 15) is 43.9 Å². The van der Waals surface area contributed by atoms with E-state index in [-0.39, 0.29) is 34.8 Å². The van der Waals surface area contributed by atoms with E-state index in [4.69, 9.17) is 30.8 Å². The van der Waals surface area contributed by atoms with Crippen LogP contribution in [0.2, 0.25) is 0 Å². The lowest BCUT2D eigenvalue weighted by Crippen LogP contribution is -2.36. The molecule has 1 heterocycles. The lowest BCUT2D eigenvalue weighted by atomic mass is 10.2. The fourth-order valence-corrected chi connectivity index (χ4v) is 7.82. The second-order valence-electron chi connectivity index (χ2n) is 10.8. The Morgan fingerprint density at radius 3 is 2.03 bits per heavy atom. The highest BCUT2D eigenvalue weighted by molar-refractivity contribution is 7.96. The van der Waals surface area contributed by atoms with Crippen molar-refractivity contribution >= 4 is 100 Å². The van der Waals surface area contributed by atoms with Gasteiger partial charge in [-0.2, -0.15) is 16.8 Å². The largest absolute Gasteiger partial charge is 0.494 e. The number of azo groups is 2. The van der Waals surface area contributed by atoms with Crippen molar-refractivity contribution in [1.29, 1.82) is 0 Å². The van der Waals surface area contributed by atoms with Gasteiger partial charge in [0.25, 0.3) is 20.2 Å². The number of carboxylic acid groups (broad SMARTS) is 1. The summed E-state index contributed by atoms with van der Waals surface area (Å²) in [5, 5.41) is 35.9. The number of benzene rings is 3. The lowest BCUT2D eigenvalue weighted by Gasteiger charge is -2.11. The zero-order valence-corrected chi connectivity index (χ0v) is 33.2. The summed E-state index contributed by atoms with van der Waals surface area (Å²) >= 11 is 1.10. The lowest BCUT2D eigenvalue weighted by molar-refractivity contribution is -0.692. The van der Waals surface area contributed by atoms with Crippen LogP contribution in [-0.4, -0.2) is 80.8 Å². The van der Waals surface area contributed by atoms with E-state index in [0.717, 1.165) is 18.2 Å². The van der Waals surface area contributed by atoms with Gasteiger partial charge in [0.15, 0.2) is 28.8 Å². The third-order valence-electron chi connectivity index (χ3n) is 7.08. The standard InChI is InChI=1S/C29H27N7O16S5.H2O/c1-49-22-12-17(54-50-25(37)15-53-52-51-40)2-4-19(22)32-34-21-14-24(57(46,47)48)27(31)28(26(21)30)35-33-20-5-3-18(13-23(20)56(43,44)45)55(41,42)11-10-36-8-6-16(7-9-36)29(38)39;/h2-9,12-14H,10-11,15,30-31H2,1H3,(H3-,38,39,40,43,44,45,46,47,48);1H2/p+1. The van der Waals surface area contributed by atoms with E-state index in [1.54, 1.807) is 0 Å². The average molecular weight is 909 g/mol. The molecule has 0 amide bonds. The maximum Gasteiger partial charge on any atom is 0.336 e. The van der Waals surface area contributed by atoms with Crippen molar-refractivity contribution in [2.75, 3.05) is 30.1 Å². The molecule has 0 saturated heterocycles. The fraction of sp³-hybridized carbons (Fsp3) is 0.138. The Labute approximate surface area is 336 Å². The number of aryl methyl sites for hydroxylation is 1. The number of anilines is 2. The van der Waals surface area contributed by atoms with Crippen LogP contribution in [0.3, 0.4) is 0 Å². The highest BCUT2D eigenvalue weighted by Crippen LogP contribution is 2.44. The number of hydrogen-bond acceptors (Lipinski definition) is 21. The topological polar surface area (TPSA) is 391 Å². The summed E-state index contributed by atoms with van der Waals surface area (Å²) in [7, 11) is -13.2. The van der Waals surface area contributed by atoms with Gasteiger partial charge in [0.05, 0.1) is 45.9 Å². The number of carbonyl (C=O) groups is 2. The van der Waals surface area contributed by atoms with Crippen LogP contribution in [0.4, 0.5) is 34.1 Å². The highest BCUT2D eigenvalue weighted by Gasteiger charge is 2.25. The number of rotatable bonds is 18. The average Bonchev–Trinajstić information content (AvgIpc) is 3.15. The molecule has 0 aliphatic heterocycles. The minimum absolute atomic E-state index is 0. The van der Waals surface area contributed by atoms with Gasteiger partial charge in [-0.15, -0.1) is 24.8 Å². The van der Waals surface area contributed by atoms with Crippen LogP contribution in [0, 0.1) is 0 Å². The molecule has 24 nitrogen and oxygen atoms in total. The van der Waals surface area contributed by atoms with Gasteiger partial charge in [0.1, 0.15) is 49.8 Å². The number of nitrogens with zero attached hydrogens (tertiary/aromatic N) is 5. The molecule has 0 spiro atoms. The number of aromatic carboxylic acids is 1. The molecule has 4 aromatic rings. The van der Waals surface area contributed by atoms with Gasteiger partial charge in [0.2, 0.25) is 0 Å². The molecule has 0 unspecified atom stereocenters. The van der Waals surface area contributed by atoms with Crippen LogP contribution in [-0.2, 0) is 55.0 Å². The molecule has 312 valence electrons. The molecular formula is C29H30N7O17S5+. The Hall–Kier alpha value is -5.34. The van der Waals surface area contributed by atoms with Crippen LogP contribution < -0.4 is 20.8 Å². The first-order chi connectivity index (χ1) is 26.7. The molecule has 29 heteroatoms. The van der Waals surface area contributed by atoms with E-state index >= 15 is 0 Å². The van der Waals surface area contributed by atoms with Gasteiger partial charge in [-0.1, -0.05) is 5.04 Å². The van der Waals surface area contributed by atoms with Crippen molar-refractivity contribution in [2.45, 2.75) is 26.1 Å². The number of pyridine rings is 1. The number of carboxylic acids is 1. The molecule has 10 N–H and O–H groups in total. The van der Waals surface area contributed by atoms with Crippen molar-refractivity contribution in [1.82, 2.24) is 0 Å². The number of hydrogen-bond donors (Lipinski definition) is 6. The molecule has 0 aliphatic rings. The minimum atomic E-state index is -5.19. The van der Waals surface area contributed by atoms with E-state index < -0.39 is 90.9 Å². The summed E-state index contributed by atoms with van der Waals surface area (Å²) in [5.74, 6) is -2.77. The summed E-state index contributed by atoms with van der Waals surface area (Å²) < 4.78 is 111. The second kappa shape index (κ2) is 19.9. The monoisotopic (exact) mass is 908 g/mol. The Morgan fingerprint density at radius 2 is 1.43 bits per heavy atom. The molecule has 0 radical (unpaired) electrons. The number of sulfone groups is 1. The molecule has 3 aromatic carbocycles. The zero-order valence-electron chi connectivity index (χ0n) is 29.1. The number of methoxy groups -OCH3 is 1. The summed E-state index contributed by atoms with van der Waals surface area (Å²) in [6.45, 7) is -0.165. The van der Waals surface area contributed by atoms with Crippen molar-refractivity contribution in [3.05, 3.63) is 72.6 Å². The molecular weight excluding hydrogens is 879 g/mol. The molecule has 4 rings (SSSR count). The Balaban J connectivity index is 0.00000900. The Morgan fingerprint density at radius 1 is 0.810 bits per heavy atom. The van der Waals surface area contributed by atoms with Crippen molar-refractivity contribution in [3.63, 3.8) is 0 Å². The number of nitrogens with two attached hydrogens (primary N) is 2. The van der Waals surface area contributed by atoms with Gasteiger partial charge in [-0.3, -0.25) is 13.9 Å². The number of ether oxygens (including phenoxy) is 1. The Kier molecular flexibility index (Phi) is 16.1. The fourth-order valence-electron chi connectivity index (χ4n) is 4.35. The molecule has 0 saturated carbocycles. The van der Waals surface area contributed by atoms with Gasteiger partial charge < -0.3 is 31.0 Å². The van der Waals surface area contributed by atoms with E-state index in [1.165, 1.54) is 54.4 Å². The Bertz CT molecular complexity index is 2570. The smallest absolute Gasteiger partial charge is 0.336 e. The molecule has 58 heavy (non-hydrogen) atoms. The first-order valence-corrected chi connectivity index (χ1v) is 21.2. The number of nitrogen functional groups attached to an aromatic ring is 2. The van der Waals surface area contributed by atoms with Crippen LogP contribution >= 0.6 is 24.1 Å². The van der Waals surface area contributed by atoms with E-state index in [1.807, 2.05) is 0 Å². The highest BCUT2D eigenvalue weighted by atomic mass is 32.2. The van der Waals surface area contributed by atoms with Crippen molar-refractivity contribution in [2.24, 2.45) is 20.5 Å². The van der Waals surface area contributed by atoms with Gasteiger partial charge in [0, 0.05) is 24.2 Å². The molecule has 0 fully saturated rings. The SMILES string of the molecule is COc1cc(SOC(=O)CSOOO)ccc1N=Nc1cc(S(=O)(=O)O)c(N)c(N=Nc2ccc(S(=O)(=O)CC[n+]3ccc(C(=O)O)cc3)cc2S(=O)(=O)O)c1N.O. The maximum atomic E-state index is 13.1. The van der Waals surface area contributed by atoms with Gasteiger partial charge in [-0.05, 0) is 42.5 Å². The number of aromatic nitrogens is 1. The predicted octanol–water partition coefficient (Wildman–Crippen LogP) is 3.44. The van der Waals surface area contributed by atoms with Crippen LogP contribution in [0.25, 0.3) is 0 Å². The normalized spacial score (nSPS) is 12.1. The summed E-state index contributed by atoms with van der Waals surface area (Å²) in [4.78, 5) is 20.7. The summed E-state index contributed by atoms with van der Waals surface area (Å²) in [6, 6.07) is 9.91. The zero-order chi connectivity index (χ0) is 42.1. The molecule has 0 atom stereocenters. The van der Waals surface area contributed by atoms with Crippen molar-refractivity contribution in [3.8, 4) is 5.75 Å². The third kappa shape index (κ3) is 12.3. The first-order valence-electron chi connectivity index (χ1n) is 15.0. The molecule has 0 bridgehead atoms. The van der Waals surface area contributed by atoms with Crippen molar-refractivity contribution < 1.29 is 82.6 Å². The van der Waals surface area contributed by atoms with E-state index in [0.29, 0.717) is 35.0 Å². The molecule has 1 aromatic heterocycles. The van der Waals surface area contributed by atoms with Crippen LogP contribution in [0.1, 0.15) is 10.4 Å². The third-order valence-corrected chi connectivity index (χ3v) is 11.8. The quantitative estimate of drug-likeness (QED) is 0.0122. The predicted molar refractivity (Wildman–Crippen MR) is 201 cm³/mol.